The van der Waals surface area contributed by atoms with E-state index in [0.29, 0.717) is 6.42 Å². The maximum atomic E-state index is 12.1. The number of nitrogens with one attached hydrogen (secondary N) is 1. The molecule has 0 radical (unpaired) electrons. The quantitative estimate of drug-likeness (QED) is 0.889. The van der Waals surface area contributed by atoms with Gasteiger partial charge in [0.2, 0.25) is 5.91 Å². The Labute approximate surface area is 121 Å². The predicted octanol–water partition coefficient (Wildman–Crippen LogP) is 3.01. The van der Waals surface area contributed by atoms with Gasteiger partial charge < -0.3 is 15.8 Å². The van der Waals surface area contributed by atoms with Crippen LogP contribution in [0.3, 0.4) is 0 Å². The Bertz CT molecular complexity index is 490. The second-order valence-corrected chi connectivity index (χ2v) is 6.31. The number of carbonyl (C=O) groups excluding carboxylic acids is 1. The summed E-state index contributed by atoms with van der Waals surface area (Å²) in [6, 6.07) is 3.66. The number of benzene rings is 1. The molecule has 1 amide bonds. The van der Waals surface area contributed by atoms with E-state index < -0.39 is 0 Å². The number of hydrogen-bond donors (Lipinski definition) is 2. The zero-order valence-corrected chi connectivity index (χ0v) is 13.3. The van der Waals surface area contributed by atoms with E-state index in [1.54, 1.807) is 7.11 Å². The fourth-order valence-electron chi connectivity index (χ4n) is 1.98. The Hall–Kier alpha value is -1.55. The van der Waals surface area contributed by atoms with E-state index >= 15 is 0 Å². The van der Waals surface area contributed by atoms with Gasteiger partial charge in [0, 0.05) is 23.7 Å². The van der Waals surface area contributed by atoms with Crippen LogP contribution in [-0.4, -0.2) is 19.1 Å². The van der Waals surface area contributed by atoms with Crippen LogP contribution in [0.2, 0.25) is 0 Å². The van der Waals surface area contributed by atoms with Crippen LogP contribution in [0.5, 0.6) is 5.75 Å². The largest absolute Gasteiger partial charge is 0.496 e. The summed E-state index contributed by atoms with van der Waals surface area (Å²) >= 11 is 0. The Morgan fingerprint density at radius 1 is 1.35 bits per heavy atom. The lowest BCUT2D eigenvalue weighted by atomic mass is 9.85. The molecule has 0 aliphatic heterocycles. The van der Waals surface area contributed by atoms with Crippen LogP contribution in [0.15, 0.2) is 12.1 Å². The molecule has 0 aliphatic rings. The molecule has 112 valence electrons. The van der Waals surface area contributed by atoms with Gasteiger partial charge >= 0.3 is 0 Å². The molecule has 1 aromatic rings. The number of rotatable bonds is 4. The summed E-state index contributed by atoms with van der Waals surface area (Å²) in [5.74, 6) is 0.740. The molecule has 1 aromatic carbocycles. The van der Waals surface area contributed by atoms with Gasteiger partial charge in [0.1, 0.15) is 5.75 Å². The normalized spacial score (nSPS) is 12.9. The number of nitrogens with two attached hydrogens (primary N) is 1. The van der Waals surface area contributed by atoms with Crippen molar-refractivity contribution in [2.75, 3.05) is 12.4 Å². The molecular formula is C16H26N2O2. The number of methoxy groups -OCH3 is 1. The minimum absolute atomic E-state index is 0.0681. The highest BCUT2D eigenvalue weighted by Crippen LogP contribution is 2.29. The molecule has 1 rings (SSSR count). The molecule has 1 unspecified atom stereocenters. The van der Waals surface area contributed by atoms with Gasteiger partial charge in [-0.05, 0) is 30.9 Å². The molecule has 1 atom stereocenters. The third kappa shape index (κ3) is 3.97. The first-order chi connectivity index (χ1) is 9.16. The molecule has 3 N–H and O–H groups in total. The molecule has 0 bridgehead atoms. The number of ether oxygens (including phenoxy) is 1. The molecule has 20 heavy (non-hydrogen) atoms. The molecule has 0 aromatic heterocycles. The molecular weight excluding hydrogens is 252 g/mol. The van der Waals surface area contributed by atoms with Gasteiger partial charge in [0.25, 0.3) is 0 Å². The summed E-state index contributed by atoms with van der Waals surface area (Å²) in [5.41, 5.74) is 8.71. The zero-order valence-electron chi connectivity index (χ0n) is 13.3. The highest BCUT2D eigenvalue weighted by Gasteiger charge is 2.23. The summed E-state index contributed by atoms with van der Waals surface area (Å²) < 4.78 is 5.36. The van der Waals surface area contributed by atoms with E-state index in [-0.39, 0.29) is 17.4 Å². The van der Waals surface area contributed by atoms with E-state index in [9.17, 15) is 4.79 Å². The van der Waals surface area contributed by atoms with Crippen LogP contribution in [0.1, 0.15) is 38.3 Å². The van der Waals surface area contributed by atoms with Crippen molar-refractivity contribution in [3.63, 3.8) is 0 Å². The van der Waals surface area contributed by atoms with Gasteiger partial charge in [-0.15, -0.1) is 0 Å². The van der Waals surface area contributed by atoms with Gasteiger partial charge in [0.05, 0.1) is 7.11 Å². The van der Waals surface area contributed by atoms with Crippen molar-refractivity contribution < 1.29 is 9.53 Å². The Morgan fingerprint density at radius 3 is 2.45 bits per heavy atom. The van der Waals surface area contributed by atoms with Gasteiger partial charge in [-0.25, -0.2) is 0 Å². The standard InChI is InChI=1S/C16H26N2O2/c1-10-7-8-12(11(2)15(10)20-6)18-14(19)9-13(17)16(3,4)5/h7-8,13H,9,17H2,1-6H3,(H,18,19). The van der Waals surface area contributed by atoms with E-state index in [0.717, 1.165) is 22.6 Å². The highest BCUT2D eigenvalue weighted by atomic mass is 16.5. The first-order valence-corrected chi connectivity index (χ1v) is 6.86. The van der Waals surface area contributed by atoms with E-state index in [4.69, 9.17) is 10.5 Å². The van der Waals surface area contributed by atoms with Crippen LogP contribution >= 0.6 is 0 Å². The maximum Gasteiger partial charge on any atom is 0.225 e. The lowest BCUT2D eigenvalue weighted by Gasteiger charge is -2.26. The number of anilines is 1. The second-order valence-electron chi connectivity index (χ2n) is 6.31. The number of aryl methyl sites for hydroxylation is 1. The van der Waals surface area contributed by atoms with E-state index in [1.807, 2.05) is 46.8 Å². The molecule has 4 heteroatoms. The van der Waals surface area contributed by atoms with Gasteiger partial charge in [-0.1, -0.05) is 26.8 Å². The van der Waals surface area contributed by atoms with Crippen LogP contribution in [-0.2, 0) is 4.79 Å². The van der Waals surface area contributed by atoms with Crippen LogP contribution in [0, 0.1) is 19.3 Å². The van der Waals surface area contributed by atoms with Crippen molar-refractivity contribution in [3.05, 3.63) is 23.3 Å². The predicted molar refractivity (Wildman–Crippen MR) is 83.1 cm³/mol. The second kappa shape index (κ2) is 6.27. The SMILES string of the molecule is COc1c(C)ccc(NC(=O)CC(N)C(C)(C)C)c1C. The van der Waals surface area contributed by atoms with Crippen LogP contribution in [0.4, 0.5) is 5.69 Å². The fraction of sp³-hybridized carbons (Fsp3) is 0.562. The summed E-state index contributed by atoms with van der Waals surface area (Å²) in [4.78, 5) is 12.1. The average Bonchev–Trinajstić information content (AvgIpc) is 2.32. The zero-order chi connectivity index (χ0) is 15.5. The summed E-state index contributed by atoms with van der Waals surface area (Å²) in [6.07, 6.45) is 0.305. The summed E-state index contributed by atoms with van der Waals surface area (Å²) in [7, 11) is 1.64. The summed E-state index contributed by atoms with van der Waals surface area (Å²) in [5, 5.41) is 2.92. The molecule has 0 aliphatic carbocycles. The molecule has 0 fully saturated rings. The molecule has 0 saturated heterocycles. The van der Waals surface area contributed by atoms with Crippen molar-refractivity contribution >= 4 is 11.6 Å². The molecule has 0 saturated carbocycles. The third-order valence-electron chi connectivity index (χ3n) is 3.60. The van der Waals surface area contributed by atoms with Crippen molar-refractivity contribution in [2.24, 2.45) is 11.1 Å². The van der Waals surface area contributed by atoms with Crippen molar-refractivity contribution in [1.29, 1.82) is 0 Å². The van der Waals surface area contributed by atoms with E-state index in [2.05, 4.69) is 5.32 Å². The number of hydrogen-bond acceptors (Lipinski definition) is 3. The van der Waals surface area contributed by atoms with Gasteiger partial charge in [0.15, 0.2) is 0 Å². The maximum absolute atomic E-state index is 12.1. The topological polar surface area (TPSA) is 64.3 Å². The minimum Gasteiger partial charge on any atom is -0.496 e. The van der Waals surface area contributed by atoms with E-state index in [1.165, 1.54) is 0 Å². The lowest BCUT2D eigenvalue weighted by Crippen LogP contribution is -2.38. The highest BCUT2D eigenvalue weighted by molar-refractivity contribution is 5.92. The Morgan fingerprint density at radius 2 is 1.95 bits per heavy atom. The number of amides is 1. The van der Waals surface area contributed by atoms with Crippen molar-refractivity contribution in [3.8, 4) is 5.75 Å². The lowest BCUT2D eigenvalue weighted by molar-refractivity contribution is -0.117. The van der Waals surface area contributed by atoms with Crippen LogP contribution < -0.4 is 15.8 Å². The molecule has 0 heterocycles. The smallest absolute Gasteiger partial charge is 0.225 e. The molecule has 0 spiro atoms. The fourth-order valence-corrected chi connectivity index (χ4v) is 1.98. The monoisotopic (exact) mass is 278 g/mol. The van der Waals surface area contributed by atoms with Crippen LogP contribution in [0.25, 0.3) is 0 Å². The average molecular weight is 278 g/mol. The minimum atomic E-state index is -0.171. The Balaban J connectivity index is 2.82. The Kier molecular flexibility index (Phi) is 5.17. The first kappa shape index (κ1) is 16.5. The first-order valence-electron chi connectivity index (χ1n) is 6.86. The number of carbonyl (C=O) groups is 1. The third-order valence-corrected chi connectivity index (χ3v) is 3.60. The van der Waals surface area contributed by atoms with Gasteiger partial charge in [-0.2, -0.15) is 0 Å². The van der Waals surface area contributed by atoms with Gasteiger partial charge in [-0.3, -0.25) is 4.79 Å². The van der Waals surface area contributed by atoms with Crippen molar-refractivity contribution in [2.45, 2.75) is 47.1 Å². The summed E-state index contributed by atoms with van der Waals surface area (Å²) in [6.45, 7) is 10.0. The van der Waals surface area contributed by atoms with Crippen molar-refractivity contribution in [1.82, 2.24) is 0 Å². The molecule has 4 nitrogen and oxygen atoms in total.